The van der Waals surface area contributed by atoms with Gasteiger partial charge in [0, 0.05) is 0 Å². The van der Waals surface area contributed by atoms with Crippen molar-refractivity contribution in [1.29, 1.82) is 0 Å². The molecule has 3 rings (SSSR count). The van der Waals surface area contributed by atoms with Crippen molar-refractivity contribution in [1.82, 2.24) is 9.55 Å². The molecular formula is C15H11FN2O3S. The summed E-state index contributed by atoms with van der Waals surface area (Å²) >= 11 is 1.28. The Morgan fingerprint density at radius 3 is 2.64 bits per heavy atom. The third-order valence-corrected chi connectivity index (χ3v) is 4.18. The van der Waals surface area contributed by atoms with E-state index in [4.69, 9.17) is 4.74 Å². The zero-order valence-electron chi connectivity index (χ0n) is 11.8. The van der Waals surface area contributed by atoms with E-state index in [1.807, 2.05) is 0 Å². The summed E-state index contributed by atoms with van der Waals surface area (Å²) in [6.07, 6.45) is 0. The normalized spacial score (nSPS) is 10.9. The Hall–Kier alpha value is -2.54. The highest BCUT2D eigenvalue weighted by molar-refractivity contribution is 7.16. The maximum absolute atomic E-state index is 13.1. The van der Waals surface area contributed by atoms with Crippen LogP contribution in [0.3, 0.4) is 0 Å². The Kier molecular flexibility index (Phi) is 3.50. The molecule has 0 aliphatic carbocycles. The van der Waals surface area contributed by atoms with Crippen LogP contribution < -0.4 is 5.56 Å². The first-order chi connectivity index (χ1) is 10.5. The number of esters is 1. The Morgan fingerprint density at radius 1 is 1.32 bits per heavy atom. The number of methoxy groups -OCH3 is 1. The van der Waals surface area contributed by atoms with Crippen molar-refractivity contribution < 1.29 is 13.9 Å². The van der Waals surface area contributed by atoms with Crippen LogP contribution in [0.1, 0.15) is 15.9 Å². The molecule has 0 aliphatic rings. The van der Waals surface area contributed by atoms with Gasteiger partial charge in [0.05, 0.1) is 18.3 Å². The van der Waals surface area contributed by atoms with Crippen molar-refractivity contribution in [3.05, 3.63) is 57.1 Å². The van der Waals surface area contributed by atoms with Gasteiger partial charge in [-0.05, 0) is 36.8 Å². The molecule has 2 aromatic heterocycles. The largest absolute Gasteiger partial charge is 0.465 e. The number of halogens is 1. The molecule has 1 aromatic carbocycles. The summed E-state index contributed by atoms with van der Waals surface area (Å²) in [5.74, 6) is -1.12. The number of carbonyl (C=O) groups is 1. The predicted molar refractivity (Wildman–Crippen MR) is 81.3 cm³/mol. The molecule has 0 unspecified atom stereocenters. The molecule has 0 amide bonds. The van der Waals surface area contributed by atoms with E-state index in [1.54, 1.807) is 12.4 Å². The summed E-state index contributed by atoms with van der Waals surface area (Å²) in [5, 5.41) is 0. The topological polar surface area (TPSA) is 61.2 Å². The van der Waals surface area contributed by atoms with E-state index in [-0.39, 0.29) is 5.56 Å². The zero-order valence-corrected chi connectivity index (χ0v) is 12.6. The number of carbonyl (C=O) groups excluding carboxylic acids is 1. The van der Waals surface area contributed by atoms with Crippen LogP contribution in [-0.4, -0.2) is 22.6 Å². The molecule has 2 heterocycles. The van der Waals surface area contributed by atoms with Gasteiger partial charge in [-0.3, -0.25) is 9.36 Å². The predicted octanol–water partition coefficient (Wildman–Crippen LogP) is 2.68. The molecule has 5 nitrogen and oxygen atoms in total. The molecule has 3 aromatic rings. The molecule has 22 heavy (non-hydrogen) atoms. The first-order valence-corrected chi connectivity index (χ1v) is 7.25. The number of benzene rings is 1. The molecule has 0 bridgehead atoms. The Balaban J connectivity index is 2.43. The maximum Gasteiger partial charge on any atom is 0.343 e. The van der Waals surface area contributed by atoms with Crippen LogP contribution in [0.5, 0.6) is 0 Å². The number of thiazole rings is 1. The minimum Gasteiger partial charge on any atom is -0.465 e. The van der Waals surface area contributed by atoms with Gasteiger partial charge >= 0.3 is 5.97 Å². The second-order valence-electron chi connectivity index (χ2n) is 4.61. The van der Waals surface area contributed by atoms with Crippen molar-refractivity contribution in [3.8, 4) is 5.69 Å². The lowest BCUT2D eigenvalue weighted by atomic mass is 10.1. The highest BCUT2D eigenvalue weighted by atomic mass is 32.1. The first kappa shape index (κ1) is 14.4. The van der Waals surface area contributed by atoms with Crippen molar-refractivity contribution in [2.75, 3.05) is 7.11 Å². The second-order valence-corrected chi connectivity index (χ2v) is 5.45. The van der Waals surface area contributed by atoms with Gasteiger partial charge in [-0.2, -0.15) is 0 Å². The van der Waals surface area contributed by atoms with Crippen LogP contribution in [-0.2, 0) is 4.74 Å². The number of rotatable bonds is 2. The van der Waals surface area contributed by atoms with Crippen molar-refractivity contribution in [2.24, 2.45) is 0 Å². The third-order valence-electron chi connectivity index (χ3n) is 3.37. The third kappa shape index (κ3) is 2.10. The van der Waals surface area contributed by atoms with Crippen LogP contribution in [0, 0.1) is 12.7 Å². The molecule has 7 heteroatoms. The standard InChI is InChI=1S/C15H11FN2O3S/c1-8-11(15(20)21-2)13(19)18(14-12(8)17-7-22-14)10-5-3-9(16)4-6-10/h3-7H,1-2H3. The van der Waals surface area contributed by atoms with E-state index in [0.29, 0.717) is 21.6 Å². The molecular weight excluding hydrogens is 307 g/mol. The average molecular weight is 318 g/mol. The molecule has 0 spiro atoms. The summed E-state index contributed by atoms with van der Waals surface area (Å²) in [6.45, 7) is 1.66. The molecule has 0 radical (unpaired) electrons. The SMILES string of the molecule is COC(=O)c1c(C)c2ncsc2n(-c2ccc(F)cc2)c1=O. The van der Waals surface area contributed by atoms with Gasteiger partial charge in [0.1, 0.15) is 21.7 Å². The lowest BCUT2D eigenvalue weighted by Gasteiger charge is -2.11. The van der Waals surface area contributed by atoms with Crippen LogP contribution in [0.4, 0.5) is 4.39 Å². The molecule has 112 valence electrons. The van der Waals surface area contributed by atoms with Gasteiger partial charge in [0.25, 0.3) is 5.56 Å². The van der Waals surface area contributed by atoms with Gasteiger partial charge in [0.15, 0.2) is 0 Å². The van der Waals surface area contributed by atoms with Gasteiger partial charge in [-0.1, -0.05) is 0 Å². The Labute approximate surface area is 128 Å². The van der Waals surface area contributed by atoms with E-state index in [2.05, 4.69) is 4.98 Å². The number of aryl methyl sites for hydroxylation is 1. The molecule has 0 fully saturated rings. The lowest BCUT2D eigenvalue weighted by Crippen LogP contribution is -2.27. The molecule has 0 saturated carbocycles. The lowest BCUT2D eigenvalue weighted by molar-refractivity contribution is 0.0597. The van der Waals surface area contributed by atoms with E-state index in [0.717, 1.165) is 0 Å². The quantitative estimate of drug-likeness (QED) is 0.682. The van der Waals surface area contributed by atoms with E-state index in [1.165, 1.54) is 47.3 Å². The zero-order chi connectivity index (χ0) is 15.9. The fourth-order valence-corrected chi connectivity index (χ4v) is 3.17. The number of aromatic nitrogens is 2. The van der Waals surface area contributed by atoms with E-state index < -0.39 is 17.3 Å². The van der Waals surface area contributed by atoms with Crippen molar-refractivity contribution in [2.45, 2.75) is 6.92 Å². The molecule has 0 aliphatic heterocycles. The van der Waals surface area contributed by atoms with Crippen LogP contribution >= 0.6 is 11.3 Å². The van der Waals surface area contributed by atoms with Gasteiger partial charge in [0.2, 0.25) is 0 Å². The Morgan fingerprint density at radius 2 is 2.00 bits per heavy atom. The van der Waals surface area contributed by atoms with Crippen LogP contribution in [0.25, 0.3) is 16.0 Å². The van der Waals surface area contributed by atoms with Crippen LogP contribution in [0.2, 0.25) is 0 Å². The van der Waals surface area contributed by atoms with Crippen molar-refractivity contribution >= 4 is 27.7 Å². The average Bonchev–Trinajstić information content (AvgIpc) is 2.98. The summed E-state index contributed by atoms with van der Waals surface area (Å²) < 4.78 is 19.2. The molecule has 0 N–H and O–H groups in total. The highest BCUT2D eigenvalue weighted by Gasteiger charge is 2.22. The molecule has 0 atom stereocenters. The number of hydrogen-bond donors (Lipinski definition) is 0. The summed E-state index contributed by atoms with van der Waals surface area (Å²) in [6, 6.07) is 5.47. The summed E-state index contributed by atoms with van der Waals surface area (Å²) in [7, 11) is 1.22. The number of nitrogens with zero attached hydrogens (tertiary/aromatic N) is 2. The smallest absolute Gasteiger partial charge is 0.343 e. The number of hydrogen-bond acceptors (Lipinski definition) is 5. The van der Waals surface area contributed by atoms with Crippen molar-refractivity contribution in [3.63, 3.8) is 0 Å². The first-order valence-electron chi connectivity index (χ1n) is 6.37. The van der Waals surface area contributed by atoms with Crippen LogP contribution in [0.15, 0.2) is 34.6 Å². The number of fused-ring (bicyclic) bond motifs is 1. The fraction of sp³-hybridized carbons (Fsp3) is 0.133. The number of pyridine rings is 1. The highest BCUT2D eigenvalue weighted by Crippen LogP contribution is 2.24. The summed E-state index contributed by atoms with van der Waals surface area (Å²) in [4.78, 5) is 29.5. The number of ether oxygens (including phenoxy) is 1. The summed E-state index contributed by atoms with van der Waals surface area (Å²) in [5.41, 5.74) is 2.52. The monoisotopic (exact) mass is 318 g/mol. The van der Waals surface area contributed by atoms with Gasteiger partial charge in [-0.25, -0.2) is 14.2 Å². The second kappa shape index (κ2) is 5.34. The van der Waals surface area contributed by atoms with Gasteiger partial charge < -0.3 is 4.74 Å². The maximum atomic E-state index is 13.1. The minimum absolute atomic E-state index is 0.0646. The van der Waals surface area contributed by atoms with Gasteiger partial charge in [-0.15, -0.1) is 11.3 Å². The van der Waals surface area contributed by atoms with E-state index >= 15 is 0 Å². The Bertz CT molecular complexity index is 928. The van der Waals surface area contributed by atoms with E-state index in [9.17, 15) is 14.0 Å². The molecule has 0 saturated heterocycles. The fourth-order valence-electron chi connectivity index (χ4n) is 2.31. The minimum atomic E-state index is -0.715.